The maximum atomic E-state index is 13.3. The summed E-state index contributed by atoms with van der Waals surface area (Å²) in [4.78, 5) is 11.0. The summed E-state index contributed by atoms with van der Waals surface area (Å²) in [5, 5.41) is 0. The molecule has 0 spiro atoms. The highest BCUT2D eigenvalue weighted by Crippen LogP contribution is 2.23. The number of carbonyl (C=O) groups excluding carboxylic acids is 1. The number of hydrogen-bond donors (Lipinski definition) is 1. The van der Waals surface area contributed by atoms with Crippen LogP contribution in [0.5, 0.6) is 5.75 Å². The number of para-hydroxylation sites is 1. The van der Waals surface area contributed by atoms with Crippen LogP contribution in [0.25, 0.3) is 0 Å². The van der Waals surface area contributed by atoms with Crippen molar-refractivity contribution in [3.8, 4) is 5.75 Å². The van der Waals surface area contributed by atoms with Crippen molar-refractivity contribution >= 4 is 5.78 Å². The zero-order valence-electron chi connectivity index (χ0n) is 8.79. The molecule has 0 radical (unpaired) electrons. The van der Waals surface area contributed by atoms with E-state index in [1.165, 1.54) is 20.1 Å². The van der Waals surface area contributed by atoms with Gasteiger partial charge in [0.25, 0.3) is 0 Å². The normalized spacial score (nSPS) is 12.3. The number of carbonyl (C=O) groups is 1. The lowest BCUT2D eigenvalue weighted by atomic mass is 10.0. The van der Waals surface area contributed by atoms with Crippen LogP contribution < -0.4 is 10.5 Å². The Labute approximate surface area is 88.0 Å². The van der Waals surface area contributed by atoms with Crippen molar-refractivity contribution in [2.75, 3.05) is 7.11 Å². The molecule has 1 rings (SSSR count). The first-order valence-corrected chi connectivity index (χ1v) is 4.63. The van der Waals surface area contributed by atoms with Crippen molar-refractivity contribution in [1.82, 2.24) is 0 Å². The van der Waals surface area contributed by atoms with Crippen molar-refractivity contribution in [2.45, 2.75) is 19.4 Å². The number of halogens is 1. The third-order valence-electron chi connectivity index (χ3n) is 2.21. The first-order chi connectivity index (χ1) is 7.06. The number of benzene rings is 1. The van der Waals surface area contributed by atoms with Gasteiger partial charge in [0.2, 0.25) is 0 Å². The van der Waals surface area contributed by atoms with E-state index < -0.39 is 11.9 Å². The predicted octanol–water partition coefficient (Wildman–Crippen LogP) is 1.29. The minimum Gasteiger partial charge on any atom is -0.493 e. The lowest BCUT2D eigenvalue weighted by Crippen LogP contribution is -2.30. The first kappa shape index (κ1) is 11.7. The lowest BCUT2D eigenvalue weighted by molar-refractivity contribution is -0.118. The Morgan fingerprint density at radius 1 is 1.60 bits per heavy atom. The van der Waals surface area contributed by atoms with Gasteiger partial charge in [0.1, 0.15) is 5.78 Å². The molecule has 0 aliphatic heterocycles. The molecule has 2 N–H and O–H groups in total. The first-order valence-electron chi connectivity index (χ1n) is 4.63. The van der Waals surface area contributed by atoms with E-state index in [1.54, 1.807) is 12.1 Å². The van der Waals surface area contributed by atoms with Gasteiger partial charge in [-0.05, 0) is 25.0 Å². The van der Waals surface area contributed by atoms with Gasteiger partial charge in [-0.3, -0.25) is 4.79 Å². The van der Waals surface area contributed by atoms with Gasteiger partial charge >= 0.3 is 0 Å². The summed E-state index contributed by atoms with van der Waals surface area (Å²) in [6, 6.07) is 3.97. The summed E-state index contributed by atoms with van der Waals surface area (Å²) in [6.07, 6.45) is 0.288. The number of Topliss-reactive ketones (excluding diaryl/α,β-unsaturated/α-hetero) is 1. The molecule has 4 heteroatoms. The van der Waals surface area contributed by atoms with Gasteiger partial charge in [0, 0.05) is 0 Å². The van der Waals surface area contributed by atoms with Crippen molar-refractivity contribution in [1.29, 1.82) is 0 Å². The van der Waals surface area contributed by atoms with E-state index in [1.807, 2.05) is 0 Å². The Hall–Kier alpha value is -1.42. The zero-order valence-corrected chi connectivity index (χ0v) is 8.79. The molecule has 0 heterocycles. The van der Waals surface area contributed by atoms with E-state index >= 15 is 0 Å². The summed E-state index contributed by atoms with van der Waals surface area (Å²) in [6.45, 7) is 1.41. The van der Waals surface area contributed by atoms with Gasteiger partial charge in [0.15, 0.2) is 11.6 Å². The molecule has 0 aliphatic rings. The molecule has 1 atom stereocenters. The molecule has 82 valence electrons. The predicted molar refractivity (Wildman–Crippen MR) is 55.3 cm³/mol. The molecule has 0 aromatic heterocycles. The van der Waals surface area contributed by atoms with Crippen LogP contribution in [0.2, 0.25) is 0 Å². The molecule has 1 aromatic carbocycles. The van der Waals surface area contributed by atoms with E-state index in [0.717, 1.165) is 0 Å². The van der Waals surface area contributed by atoms with Crippen LogP contribution in [0.3, 0.4) is 0 Å². The third-order valence-corrected chi connectivity index (χ3v) is 2.21. The molecular formula is C11H14FNO2. The average molecular weight is 211 g/mol. The topological polar surface area (TPSA) is 52.3 Å². The number of ketones is 1. The van der Waals surface area contributed by atoms with Crippen LogP contribution >= 0.6 is 0 Å². The fourth-order valence-corrected chi connectivity index (χ4v) is 1.32. The quantitative estimate of drug-likeness (QED) is 0.816. The van der Waals surface area contributed by atoms with Crippen LogP contribution in [-0.4, -0.2) is 18.9 Å². The number of methoxy groups -OCH3 is 1. The minimum absolute atomic E-state index is 0.124. The Morgan fingerprint density at radius 3 is 2.80 bits per heavy atom. The summed E-state index contributed by atoms with van der Waals surface area (Å²) in [5.74, 6) is -0.402. The molecule has 0 bridgehead atoms. The highest BCUT2D eigenvalue weighted by molar-refractivity contribution is 5.81. The molecule has 0 aliphatic carbocycles. The summed E-state index contributed by atoms with van der Waals surface area (Å²) in [5.41, 5.74) is 6.21. The monoisotopic (exact) mass is 211 g/mol. The fraction of sp³-hybridized carbons (Fsp3) is 0.364. The molecule has 0 saturated heterocycles. The van der Waals surface area contributed by atoms with Crippen LogP contribution in [-0.2, 0) is 11.2 Å². The molecule has 1 aromatic rings. The van der Waals surface area contributed by atoms with Gasteiger partial charge in [-0.25, -0.2) is 4.39 Å². The summed E-state index contributed by atoms with van der Waals surface area (Å²) >= 11 is 0. The Bertz CT molecular complexity index is 366. The van der Waals surface area contributed by atoms with Crippen LogP contribution in [0.4, 0.5) is 4.39 Å². The molecule has 3 nitrogen and oxygen atoms in total. The van der Waals surface area contributed by atoms with Gasteiger partial charge < -0.3 is 10.5 Å². The lowest BCUT2D eigenvalue weighted by Gasteiger charge is -2.12. The minimum atomic E-state index is -0.610. The largest absolute Gasteiger partial charge is 0.493 e. The highest BCUT2D eigenvalue weighted by Gasteiger charge is 2.14. The summed E-state index contributed by atoms with van der Waals surface area (Å²) < 4.78 is 18.2. The van der Waals surface area contributed by atoms with Crippen molar-refractivity contribution in [2.24, 2.45) is 5.73 Å². The van der Waals surface area contributed by atoms with Crippen LogP contribution in [0.15, 0.2) is 18.2 Å². The van der Waals surface area contributed by atoms with Crippen molar-refractivity contribution < 1.29 is 13.9 Å². The molecule has 15 heavy (non-hydrogen) atoms. The van der Waals surface area contributed by atoms with E-state index in [4.69, 9.17) is 10.5 Å². The zero-order chi connectivity index (χ0) is 11.4. The smallest absolute Gasteiger partial charge is 0.165 e. The average Bonchev–Trinajstić information content (AvgIpc) is 2.18. The number of rotatable bonds is 4. The maximum Gasteiger partial charge on any atom is 0.165 e. The number of ether oxygens (including phenoxy) is 1. The van der Waals surface area contributed by atoms with E-state index in [0.29, 0.717) is 5.56 Å². The number of hydrogen-bond acceptors (Lipinski definition) is 3. The SMILES string of the molecule is COc1c(F)cccc1CC(N)C(C)=O. The molecule has 0 saturated carbocycles. The fourth-order valence-electron chi connectivity index (χ4n) is 1.32. The van der Waals surface area contributed by atoms with E-state index in [-0.39, 0.29) is 18.0 Å². The second-order valence-electron chi connectivity index (χ2n) is 3.35. The Morgan fingerprint density at radius 2 is 2.27 bits per heavy atom. The number of nitrogens with two attached hydrogens (primary N) is 1. The maximum absolute atomic E-state index is 13.3. The molecular weight excluding hydrogens is 197 g/mol. The van der Waals surface area contributed by atoms with Gasteiger partial charge in [0.05, 0.1) is 13.2 Å². The van der Waals surface area contributed by atoms with Crippen molar-refractivity contribution in [3.63, 3.8) is 0 Å². The Kier molecular flexibility index (Phi) is 3.80. The van der Waals surface area contributed by atoms with E-state index in [9.17, 15) is 9.18 Å². The van der Waals surface area contributed by atoms with Crippen LogP contribution in [0.1, 0.15) is 12.5 Å². The standard InChI is InChI=1S/C11H14FNO2/c1-7(14)10(13)6-8-4-3-5-9(12)11(8)15-2/h3-5,10H,6,13H2,1-2H3. The second-order valence-corrected chi connectivity index (χ2v) is 3.35. The Balaban J connectivity index is 2.94. The van der Waals surface area contributed by atoms with Crippen LogP contribution in [0, 0.1) is 5.82 Å². The van der Waals surface area contributed by atoms with Crippen molar-refractivity contribution in [3.05, 3.63) is 29.6 Å². The molecule has 0 amide bonds. The van der Waals surface area contributed by atoms with Gasteiger partial charge in [-0.15, -0.1) is 0 Å². The molecule has 1 unspecified atom stereocenters. The summed E-state index contributed by atoms with van der Waals surface area (Å²) in [7, 11) is 1.39. The van der Waals surface area contributed by atoms with Gasteiger partial charge in [-0.2, -0.15) is 0 Å². The molecule has 0 fully saturated rings. The third kappa shape index (κ3) is 2.76. The van der Waals surface area contributed by atoms with E-state index in [2.05, 4.69) is 0 Å². The highest BCUT2D eigenvalue weighted by atomic mass is 19.1. The second kappa shape index (κ2) is 4.89. The van der Waals surface area contributed by atoms with Gasteiger partial charge in [-0.1, -0.05) is 12.1 Å².